The third-order valence-corrected chi connectivity index (χ3v) is 6.70. The van der Waals surface area contributed by atoms with Crippen molar-refractivity contribution in [1.29, 1.82) is 0 Å². The Kier molecular flexibility index (Phi) is 5.98. The van der Waals surface area contributed by atoms with Crippen LogP contribution in [0.25, 0.3) is 10.9 Å². The number of hydrogen-bond donors (Lipinski definition) is 0. The van der Waals surface area contributed by atoms with Crippen molar-refractivity contribution in [2.24, 2.45) is 5.92 Å². The standard InChI is InChI=1S/C25H33N3O2/c1-4-6-24(29)27-15-11-23-21(17-27)20-16-19(7-8-22(20)28(23)12-5-2)25(30)26-13-9-18(3)10-14-26/h5,7-8,16,18H,2,4,6,9-15,17H2,1,3H3. The van der Waals surface area contributed by atoms with Gasteiger partial charge >= 0.3 is 0 Å². The second-order valence-corrected chi connectivity index (χ2v) is 8.85. The highest BCUT2D eigenvalue weighted by Gasteiger charge is 2.27. The molecule has 2 amide bonds. The molecule has 2 aliphatic rings. The number of piperidine rings is 1. The molecule has 30 heavy (non-hydrogen) atoms. The van der Waals surface area contributed by atoms with Crippen LogP contribution in [0.3, 0.4) is 0 Å². The fourth-order valence-electron chi connectivity index (χ4n) is 4.90. The summed E-state index contributed by atoms with van der Waals surface area (Å²) in [7, 11) is 0. The number of nitrogens with zero attached hydrogens (tertiary/aromatic N) is 3. The van der Waals surface area contributed by atoms with E-state index in [0.717, 1.165) is 68.3 Å². The van der Waals surface area contributed by atoms with Gasteiger partial charge in [0, 0.05) is 73.3 Å². The van der Waals surface area contributed by atoms with Crippen LogP contribution in [0.15, 0.2) is 30.9 Å². The maximum absolute atomic E-state index is 13.1. The third-order valence-electron chi connectivity index (χ3n) is 6.70. The molecule has 160 valence electrons. The summed E-state index contributed by atoms with van der Waals surface area (Å²) in [5, 5.41) is 1.11. The predicted octanol–water partition coefficient (Wildman–Crippen LogP) is 4.38. The van der Waals surface area contributed by atoms with Gasteiger partial charge in [-0.1, -0.05) is 19.9 Å². The van der Waals surface area contributed by atoms with E-state index in [1.165, 1.54) is 11.3 Å². The maximum atomic E-state index is 13.1. The zero-order chi connectivity index (χ0) is 21.3. The summed E-state index contributed by atoms with van der Waals surface area (Å²) >= 11 is 0. The molecule has 1 aromatic heterocycles. The molecule has 2 aromatic rings. The molecule has 5 nitrogen and oxygen atoms in total. The molecule has 1 aromatic carbocycles. The molecule has 3 heterocycles. The monoisotopic (exact) mass is 407 g/mol. The highest BCUT2D eigenvalue weighted by Crippen LogP contribution is 2.32. The SMILES string of the molecule is C=CCn1c2c(c3cc(C(=O)N4CCC(C)CC4)ccc31)CN(C(=O)CCC)CC2. The number of rotatable bonds is 5. The molecule has 1 fully saturated rings. The van der Waals surface area contributed by atoms with Gasteiger partial charge in [0.1, 0.15) is 0 Å². The summed E-state index contributed by atoms with van der Waals surface area (Å²) in [5.41, 5.74) is 4.37. The molecule has 1 saturated heterocycles. The van der Waals surface area contributed by atoms with Gasteiger partial charge in [0.05, 0.1) is 0 Å². The number of carbonyl (C=O) groups excluding carboxylic acids is 2. The van der Waals surface area contributed by atoms with Gasteiger partial charge in [0.25, 0.3) is 5.91 Å². The Morgan fingerprint density at radius 3 is 2.63 bits per heavy atom. The van der Waals surface area contributed by atoms with Crippen molar-refractivity contribution in [3.05, 3.63) is 47.7 Å². The van der Waals surface area contributed by atoms with Gasteiger partial charge in [0.2, 0.25) is 5.91 Å². The van der Waals surface area contributed by atoms with Crippen LogP contribution in [-0.4, -0.2) is 45.8 Å². The summed E-state index contributed by atoms with van der Waals surface area (Å²) < 4.78 is 2.30. The molecule has 0 aliphatic carbocycles. The van der Waals surface area contributed by atoms with Gasteiger partial charge in [-0.15, -0.1) is 6.58 Å². The van der Waals surface area contributed by atoms with Crippen LogP contribution < -0.4 is 0 Å². The Bertz CT molecular complexity index is 966. The molecule has 5 heteroatoms. The third kappa shape index (κ3) is 3.78. The second kappa shape index (κ2) is 8.66. The number of likely N-dealkylation sites (tertiary alicyclic amines) is 1. The Morgan fingerprint density at radius 2 is 1.93 bits per heavy atom. The number of aromatic nitrogens is 1. The molecule has 0 saturated carbocycles. The van der Waals surface area contributed by atoms with Crippen molar-refractivity contribution < 1.29 is 9.59 Å². The number of carbonyl (C=O) groups is 2. The number of fused-ring (bicyclic) bond motifs is 3. The molecular formula is C25H33N3O2. The highest BCUT2D eigenvalue weighted by atomic mass is 16.2. The normalized spacial score (nSPS) is 17.3. The minimum atomic E-state index is 0.128. The Balaban J connectivity index is 1.70. The summed E-state index contributed by atoms with van der Waals surface area (Å²) in [5.74, 6) is 1.05. The fraction of sp³-hybridized carbons (Fsp3) is 0.520. The lowest BCUT2D eigenvalue weighted by atomic mass is 9.98. The van der Waals surface area contributed by atoms with Gasteiger partial charge in [-0.25, -0.2) is 0 Å². The van der Waals surface area contributed by atoms with Crippen molar-refractivity contribution in [2.45, 2.75) is 59.0 Å². The Labute approximate surface area is 179 Å². The highest BCUT2D eigenvalue weighted by molar-refractivity contribution is 5.99. The maximum Gasteiger partial charge on any atom is 0.253 e. The van der Waals surface area contributed by atoms with E-state index in [1.54, 1.807) is 0 Å². The number of hydrogen-bond acceptors (Lipinski definition) is 2. The van der Waals surface area contributed by atoms with E-state index >= 15 is 0 Å². The van der Waals surface area contributed by atoms with Gasteiger partial charge in [0.15, 0.2) is 0 Å². The van der Waals surface area contributed by atoms with Crippen molar-refractivity contribution >= 4 is 22.7 Å². The zero-order valence-electron chi connectivity index (χ0n) is 18.3. The van der Waals surface area contributed by atoms with E-state index in [-0.39, 0.29) is 11.8 Å². The first-order valence-electron chi connectivity index (χ1n) is 11.3. The van der Waals surface area contributed by atoms with E-state index in [4.69, 9.17) is 0 Å². The van der Waals surface area contributed by atoms with E-state index in [0.29, 0.717) is 18.9 Å². The van der Waals surface area contributed by atoms with E-state index < -0.39 is 0 Å². The second-order valence-electron chi connectivity index (χ2n) is 8.85. The number of amides is 2. The lowest BCUT2D eigenvalue weighted by molar-refractivity contribution is -0.132. The van der Waals surface area contributed by atoms with Crippen LogP contribution in [0.4, 0.5) is 0 Å². The molecule has 0 unspecified atom stereocenters. The molecule has 0 radical (unpaired) electrons. The molecule has 0 atom stereocenters. The average molecular weight is 408 g/mol. The molecule has 2 aliphatic heterocycles. The van der Waals surface area contributed by atoms with Crippen LogP contribution in [-0.2, 0) is 24.3 Å². The summed E-state index contributed by atoms with van der Waals surface area (Å²) in [6, 6.07) is 6.10. The lowest BCUT2D eigenvalue weighted by Gasteiger charge is -2.30. The van der Waals surface area contributed by atoms with E-state index in [1.807, 2.05) is 28.9 Å². The van der Waals surface area contributed by atoms with Crippen molar-refractivity contribution in [2.75, 3.05) is 19.6 Å². The average Bonchev–Trinajstić information content (AvgIpc) is 3.07. The van der Waals surface area contributed by atoms with Crippen LogP contribution >= 0.6 is 0 Å². The first-order valence-corrected chi connectivity index (χ1v) is 11.3. The molecule has 0 N–H and O–H groups in total. The summed E-state index contributed by atoms with van der Waals surface area (Å²) in [4.78, 5) is 29.6. The quantitative estimate of drug-likeness (QED) is 0.691. The number of allylic oxidation sites excluding steroid dienone is 1. The molecule has 4 rings (SSSR count). The van der Waals surface area contributed by atoms with Crippen molar-refractivity contribution in [3.8, 4) is 0 Å². The molecular weight excluding hydrogens is 374 g/mol. The summed E-state index contributed by atoms with van der Waals surface area (Å²) in [6.45, 7) is 12.0. The topological polar surface area (TPSA) is 45.6 Å². The van der Waals surface area contributed by atoms with E-state index in [9.17, 15) is 9.59 Å². The molecule has 0 bridgehead atoms. The Morgan fingerprint density at radius 1 is 1.17 bits per heavy atom. The van der Waals surface area contributed by atoms with Crippen molar-refractivity contribution in [3.63, 3.8) is 0 Å². The van der Waals surface area contributed by atoms with Crippen molar-refractivity contribution in [1.82, 2.24) is 14.4 Å². The Hall–Kier alpha value is -2.56. The number of benzene rings is 1. The van der Waals surface area contributed by atoms with Crippen LogP contribution in [0.2, 0.25) is 0 Å². The van der Waals surface area contributed by atoms with Gasteiger partial charge in [-0.05, 0) is 43.4 Å². The van der Waals surface area contributed by atoms with Crippen LogP contribution in [0, 0.1) is 5.92 Å². The largest absolute Gasteiger partial charge is 0.340 e. The minimum absolute atomic E-state index is 0.128. The van der Waals surface area contributed by atoms with Crippen LogP contribution in [0.1, 0.15) is 61.1 Å². The van der Waals surface area contributed by atoms with Crippen LogP contribution in [0.5, 0.6) is 0 Å². The minimum Gasteiger partial charge on any atom is -0.340 e. The van der Waals surface area contributed by atoms with E-state index in [2.05, 4.69) is 30.2 Å². The predicted molar refractivity (Wildman–Crippen MR) is 120 cm³/mol. The first-order chi connectivity index (χ1) is 14.5. The van der Waals surface area contributed by atoms with Gasteiger partial charge in [-0.3, -0.25) is 9.59 Å². The summed E-state index contributed by atoms with van der Waals surface area (Å²) in [6.07, 6.45) is 6.38. The lowest BCUT2D eigenvalue weighted by Crippen LogP contribution is -2.37. The fourth-order valence-corrected chi connectivity index (χ4v) is 4.90. The molecule has 0 spiro atoms. The first kappa shape index (κ1) is 20.7. The smallest absolute Gasteiger partial charge is 0.253 e. The zero-order valence-corrected chi connectivity index (χ0v) is 18.3. The van der Waals surface area contributed by atoms with Gasteiger partial charge in [-0.2, -0.15) is 0 Å². The van der Waals surface area contributed by atoms with Gasteiger partial charge < -0.3 is 14.4 Å².